The third-order valence-electron chi connectivity index (χ3n) is 5.11. The first-order valence-electron chi connectivity index (χ1n) is 9.34. The molecule has 0 bridgehead atoms. The molecule has 0 spiro atoms. The number of fused-ring (bicyclic) bond motifs is 2. The fraction of sp³-hybridized carbons (Fsp3) is 0.200. The van der Waals surface area contributed by atoms with E-state index in [4.69, 9.17) is 15.5 Å². The normalized spacial score (nSPS) is 15.3. The molecule has 1 amide bonds. The third kappa shape index (κ3) is 2.89. The van der Waals surface area contributed by atoms with Gasteiger partial charge < -0.3 is 15.8 Å². The molecule has 0 saturated heterocycles. The second-order valence-corrected chi connectivity index (χ2v) is 7.04. The van der Waals surface area contributed by atoms with Gasteiger partial charge in [-0.25, -0.2) is 24.5 Å². The van der Waals surface area contributed by atoms with Crippen molar-refractivity contribution in [3.8, 4) is 17.3 Å². The minimum atomic E-state index is -0.386. The lowest BCUT2D eigenvalue weighted by Gasteiger charge is -2.10. The molecule has 4 aromatic rings. The van der Waals surface area contributed by atoms with Gasteiger partial charge in [-0.1, -0.05) is 12.1 Å². The summed E-state index contributed by atoms with van der Waals surface area (Å²) >= 11 is 0. The van der Waals surface area contributed by atoms with Gasteiger partial charge in [-0.2, -0.15) is 5.10 Å². The maximum Gasteiger partial charge on any atom is 0.233 e. The Hall–Kier alpha value is -4.08. The third-order valence-corrected chi connectivity index (χ3v) is 5.11. The van der Waals surface area contributed by atoms with Crippen molar-refractivity contribution in [3.63, 3.8) is 0 Å². The summed E-state index contributed by atoms with van der Waals surface area (Å²) in [4.78, 5) is 29.9. The first kappa shape index (κ1) is 18.0. The Morgan fingerprint density at radius 2 is 2.13 bits per heavy atom. The van der Waals surface area contributed by atoms with Crippen molar-refractivity contribution < 1.29 is 9.53 Å². The molecule has 1 aliphatic heterocycles. The van der Waals surface area contributed by atoms with Crippen molar-refractivity contribution in [3.05, 3.63) is 53.6 Å². The summed E-state index contributed by atoms with van der Waals surface area (Å²) < 4.78 is 6.94. The second-order valence-electron chi connectivity index (χ2n) is 7.04. The van der Waals surface area contributed by atoms with E-state index in [9.17, 15) is 4.79 Å². The summed E-state index contributed by atoms with van der Waals surface area (Å²) in [6.45, 7) is 1.77. The highest BCUT2D eigenvalue weighted by Gasteiger charge is 2.31. The quantitative estimate of drug-likeness (QED) is 0.528. The number of methoxy groups -OCH3 is 1. The number of nitrogens with zero attached hydrogens (tertiary/aromatic N) is 6. The Morgan fingerprint density at radius 3 is 2.97 bits per heavy atom. The lowest BCUT2D eigenvalue weighted by atomic mass is 10.1. The van der Waals surface area contributed by atoms with E-state index in [1.807, 2.05) is 24.3 Å². The first-order chi connectivity index (χ1) is 14.5. The fourth-order valence-electron chi connectivity index (χ4n) is 3.57. The predicted molar refractivity (Wildman–Crippen MR) is 109 cm³/mol. The van der Waals surface area contributed by atoms with E-state index in [0.29, 0.717) is 40.7 Å². The number of nitrogens with one attached hydrogen (secondary N) is 1. The molecule has 0 saturated carbocycles. The minimum absolute atomic E-state index is 0.151. The zero-order valence-corrected chi connectivity index (χ0v) is 16.3. The number of nitrogen functional groups attached to an aromatic ring is 1. The van der Waals surface area contributed by atoms with Crippen LogP contribution in [0.2, 0.25) is 0 Å². The number of carbonyl (C=O) groups is 1. The number of ether oxygens (including phenoxy) is 1. The Morgan fingerprint density at radius 1 is 1.27 bits per heavy atom. The van der Waals surface area contributed by atoms with Crippen LogP contribution in [0.15, 0.2) is 36.8 Å². The molecule has 10 heteroatoms. The Balaban J connectivity index is 1.61. The van der Waals surface area contributed by atoms with Crippen LogP contribution in [0.1, 0.15) is 29.7 Å². The average molecular weight is 402 g/mol. The standard InChI is InChI=1S/C20H18N8O2/c1-10-15-16(21)25-17(26-18(15)27-20(10)29)14-8-28-19(22-9-23-28)13(24-14)7-11-4-3-5-12(6-11)30-2/h3-6,8-10H,7H2,1-2H3,(H3,21,25,26,27,29)/t10-/m1/s1. The van der Waals surface area contributed by atoms with Crippen LogP contribution in [-0.4, -0.2) is 42.6 Å². The lowest BCUT2D eigenvalue weighted by molar-refractivity contribution is -0.116. The fourth-order valence-corrected chi connectivity index (χ4v) is 3.57. The molecule has 5 rings (SSSR count). The number of nitrogens with two attached hydrogens (primary N) is 1. The van der Waals surface area contributed by atoms with E-state index in [2.05, 4.69) is 25.4 Å². The number of amides is 1. The molecule has 0 fully saturated rings. The number of aromatic nitrogens is 6. The number of hydrogen-bond donors (Lipinski definition) is 2. The second kappa shape index (κ2) is 6.76. The summed E-state index contributed by atoms with van der Waals surface area (Å²) in [7, 11) is 1.63. The van der Waals surface area contributed by atoms with Crippen LogP contribution in [0, 0.1) is 0 Å². The van der Waals surface area contributed by atoms with Crippen molar-refractivity contribution in [1.29, 1.82) is 0 Å². The SMILES string of the molecule is COc1cccc(Cc2nc(-c3nc(N)c4c(n3)NC(=O)[C@@H]4C)cn3ncnc23)c1. The van der Waals surface area contributed by atoms with Crippen LogP contribution in [0.5, 0.6) is 5.75 Å². The van der Waals surface area contributed by atoms with Crippen molar-refractivity contribution in [1.82, 2.24) is 29.5 Å². The van der Waals surface area contributed by atoms with E-state index in [-0.39, 0.29) is 17.6 Å². The highest BCUT2D eigenvalue weighted by molar-refractivity contribution is 6.03. The monoisotopic (exact) mass is 402 g/mol. The largest absolute Gasteiger partial charge is 0.497 e. The number of benzene rings is 1. The molecule has 0 radical (unpaired) electrons. The van der Waals surface area contributed by atoms with Gasteiger partial charge in [-0.15, -0.1) is 0 Å². The predicted octanol–water partition coefficient (Wildman–Crippen LogP) is 1.82. The van der Waals surface area contributed by atoms with Crippen LogP contribution in [0.25, 0.3) is 17.2 Å². The Kier molecular flexibility index (Phi) is 4.05. The summed E-state index contributed by atoms with van der Waals surface area (Å²) in [5.74, 6) is 1.22. The number of carbonyl (C=O) groups excluding carboxylic acids is 1. The van der Waals surface area contributed by atoms with E-state index in [1.54, 1.807) is 24.7 Å². The molecular formula is C20H18N8O2. The molecule has 3 aromatic heterocycles. The highest BCUT2D eigenvalue weighted by atomic mass is 16.5. The number of rotatable bonds is 4. The first-order valence-corrected chi connectivity index (χ1v) is 9.34. The van der Waals surface area contributed by atoms with E-state index < -0.39 is 0 Å². The number of anilines is 2. The van der Waals surface area contributed by atoms with Crippen LogP contribution in [0.4, 0.5) is 11.6 Å². The van der Waals surface area contributed by atoms with Crippen LogP contribution < -0.4 is 15.8 Å². The summed E-state index contributed by atoms with van der Waals surface area (Å²) in [6.07, 6.45) is 3.68. The van der Waals surface area contributed by atoms with E-state index in [1.165, 1.54) is 6.33 Å². The van der Waals surface area contributed by atoms with Gasteiger partial charge in [0, 0.05) is 12.0 Å². The molecular weight excluding hydrogens is 384 g/mol. The van der Waals surface area contributed by atoms with Crippen molar-refractivity contribution >= 4 is 23.2 Å². The van der Waals surface area contributed by atoms with Crippen LogP contribution in [0.3, 0.4) is 0 Å². The van der Waals surface area contributed by atoms with Gasteiger partial charge in [0.05, 0.1) is 24.9 Å². The van der Waals surface area contributed by atoms with E-state index >= 15 is 0 Å². The van der Waals surface area contributed by atoms with Crippen LogP contribution >= 0.6 is 0 Å². The van der Waals surface area contributed by atoms with Crippen molar-refractivity contribution in [2.75, 3.05) is 18.2 Å². The molecule has 1 atom stereocenters. The smallest absolute Gasteiger partial charge is 0.233 e. The average Bonchev–Trinajstić information content (AvgIpc) is 3.32. The van der Waals surface area contributed by atoms with Crippen LogP contribution in [-0.2, 0) is 11.2 Å². The van der Waals surface area contributed by atoms with Gasteiger partial charge in [-0.3, -0.25) is 4.79 Å². The topological polar surface area (TPSA) is 133 Å². The summed E-state index contributed by atoms with van der Waals surface area (Å²) in [5.41, 5.74) is 9.58. The lowest BCUT2D eigenvalue weighted by Crippen LogP contribution is -2.09. The van der Waals surface area contributed by atoms with Gasteiger partial charge in [0.15, 0.2) is 11.5 Å². The van der Waals surface area contributed by atoms with Gasteiger partial charge in [0.1, 0.15) is 29.4 Å². The van der Waals surface area contributed by atoms with Crippen molar-refractivity contribution in [2.24, 2.45) is 0 Å². The zero-order chi connectivity index (χ0) is 20.8. The molecule has 3 N–H and O–H groups in total. The van der Waals surface area contributed by atoms with Crippen molar-refractivity contribution in [2.45, 2.75) is 19.3 Å². The van der Waals surface area contributed by atoms with Gasteiger partial charge in [0.25, 0.3) is 0 Å². The molecule has 10 nitrogen and oxygen atoms in total. The van der Waals surface area contributed by atoms with Gasteiger partial charge in [0.2, 0.25) is 5.91 Å². The molecule has 150 valence electrons. The van der Waals surface area contributed by atoms with Gasteiger partial charge in [-0.05, 0) is 24.6 Å². The molecule has 30 heavy (non-hydrogen) atoms. The maximum absolute atomic E-state index is 12.0. The molecule has 4 heterocycles. The highest BCUT2D eigenvalue weighted by Crippen LogP contribution is 2.35. The number of hydrogen-bond acceptors (Lipinski definition) is 8. The Labute approximate surface area is 171 Å². The molecule has 1 aromatic carbocycles. The van der Waals surface area contributed by atoms with Gasteiger partial charge >= 0.3 is 0 Å². The maximum atomic E-state index is 12.0. The molecule has 0 unspecified atom stereocenters. The summed E-state index contributed by atoms with van der Waals surface area (Å²) in [6, 6.07) is 7.75. The minimum Gasteiger partial charge on any atom is -0.497 e. The zero-order valence-electron chi connectivity index (χ0n) is 16.3. The summed E-state index contributed by atoms with van der Waals surface area (Å²) in [5, 5.41) is 7.00. The molecule has 1 aliphatic rings. The Bertz CT molecular complexity index is 1300. The van der Waals surface area contributed by atoms with E-state index in [0.717, 1.165) is 11.3 Å². The molecule has 0 aliphatic carbocycles.